The molecule has 96 valence electrons. The van der Waals surface area contributed by atoms with Crippen molar-refractivity contribution in [1.29, 1.82) is 0 Å². The zero-order chi connectivity index (χ0) is 13.0. The Morgan fingerprint density at radius 1 is 1.28 bits per heavy atom. The molecule has 0 spiro atoms. The fourth-order valence-electron chi connectivity index (χ4n) is 1.95. The number of nitrogens with zero attached hydrogens (tertiary/aromatic N) is 1. The summed E-state index contributed by atoms with van der Waals surface area (Å²) in [5.74, 6) is 0.578. The Balaban J connectivity index is 2.00. The summed E-state index contributed by atoms with van der Waals surface area (Å²) in [6, 6.07) is 8.92. The van der Waals surface area contributed by atoms with Crippen molar-refractivity contribution >= 4 is 11.3 Å². The van der Waals surface area contributed by atoms with Gasteiger partial charge in [-0.15, -0.1) is 11.3 Å². The number of hydrogen-bond donors (Lipinski definition) is 1. The van der Waals surface area contributed by atoms with Gasteiger partial charge in [-0.1, -0.05) is 26.0 Å². The first kappa shape index (κ1) is 13.2. The minimum absolute atomic E-state index is 0.410. The molecule has 18 heavy (non-hydrogen) atoms. The second-order valence-corrected chi connectivity index (χ2v) is 5.92. The van der Waals surface area contributed by atoms with Crippen molar-refractivity contribution in [2.24, 2.45) is 5.92 Å². The van der Waals surface area contributed by atoms with Crippen LogP contribution in [0.1, 0.15) is 36.0 Å². The summed E-state index contributed by atoms with van der Waals surface area (Å²) in [5.41, 5.74) is 2.31. The molecule has 0 radical (unpaired) electrons. The Bertz CT molecular complexity index is 460. The highest BCUT2D eigenvalue weighted by Gasteiger charge is 2.16. The predicted octanol–water partition coefficient (Wildman–Crippen LogP) is 3.94. The predicted molar refractivity (Wildman–Crippen MR) is 77.7 cm³/mol. The molecule has 0 saturated carbocycles. The van der Waals surface area contributed by atoms with E-state index in [0.717, 1.165) is 12.2 Å². The lowest BCUT2D eigenvalue weighted by molar-refractivity contribution is 0.414. The van der Waals surface area contributed by atoms with Crippen LogP contribution in [0.5, 0.6) is 0 Å². The summed E-state index contributed by atoms with van der Waals surface area (Å²) < 4.78 is 0. The standard InChI is InChI=1S/C15H20N2S/c1-11(2)15(14-5-4-8-18-14)17-10-13-7-6-12(3)9-16-13/h4-9,11,15,17H,10H2,1-3H3. The van der Waals surface area contributed by atoms with Crippen LogP contribution in [-0.2, 0) is 6.54 Å². The van der Waals surface area contributed by atoms with E-state index in [9.17, 15) is 0 Å². The number of pyridine rings is 1. The largest absolute Gasteiger partial charge is 0.303 e. The summed E-state index contributed by atoms with van der Waals surface area (Å²) in [7, 11) is 0. The summed E-state index contributed by atoms with van der Waals surface area (Å²) >= 11 is 1.81. The minimum atomic E-state index is 0.410. The molecular weight excluding hydrogens is 240 g/mol. The van der Waals surface area contributed by atoms with E-state index in [1.54, 1.807) is 0 Å². The molecular formula is C15H20N2S. The summed E-state index contributed by atoms with van der Waals surface area (Å²) in [6.45, 7) is 7.38. The van der Waals surface area contributed by atoms with Crippen LogP contribution in [0.15, 0.2) is 35.8 Å². The number of hydrogen-bond acceptors (Lipinski definition) is 3. The molecule has 0 aliphatic carbocycles. The van der Waals surface area contributed by atoms with Crippen LogP contribution in [0.3, 0.4) is 0 Å². The Morgan fingerprint density at radius 2 is 2.11 bits per heavy atom. The van der Waals surface area contributed by atoms with Gasteiger partial charge >= 0.3 is 0 Å². The molecule has 2 aromatic rings. The van der Waals surface area contributed by atoms with E-state index in [2.05, 4.69) is 60.7 Å². The van der Waals surface area contributed by atoms with Gasteiger partial charge in [-0.05, 0) is 35.9 Å². The number of rotatable bonds is 5. The van der Waals surface area contributed by atoms with Gasteiger partial charge in [0, 0.05) is 23.7 Å². The van der Waals surface area contributed by atoms with E-state index >= 15 is 0 Å². The molecule has 2 heterocycles. The highest BCUT2D eigenvalue weighted by atomic mass is 32.1. The lowest BCUT2D eigenvalue weighted by atomic mass is 10.0. The highest BCUT2D eigenvalue weighted by Crippen LogP contribution is 2.25. The van der Waals surface area contributed by atoms with Gasteiger partial charge in [-0.2, -0.15) is 0 Å². The second-order valence-electron chi connectivity index (χ2n) is 4.94. The molecule has 0 saturated heterocycles. The molecule has 3 heteroatoms. The number of aromatic nitrogens is 1. The molecule has 1 atom stereocenters. The van der Waals surface area contributed by atoms with Crippen molar-refractivity contribution in [3.8, 4) is 0 Å². The Kier molecular flexibility index (Phi) is 4.50. The lowest BCUT2D eigenvalue weighted by Gasteiger charge is -2.21. The van der Waals surface area contributed by atoms with Crippen LogP contribution >= 0.6 is 11.3 Å². The summed E-state index contributed by atoms with van der Waals surface area (Å²) in [5, 5.41) is 5.74. The molecule has 2 rings (SSSR count). The van der Waals surface area contributed by atoms with E-state index in [0.29, 0.717) is 12.0 Å². The van der Waals surface area contributed by atoms with E-state index < -0.39 is 0 Å². The maximum absolute atomic E-state index is 4.43. The van der Waals surface area contributed by atoms with Gasteiger partial charge in [-0.25, -0.2) is 0 Å². The molecule has 0 bridgehead atoms. The normalized spacial score (nSPS) is 12.9. The van der Waals surface area contributed by atoms with Crippen molar-refractivity contribution in [3.63, 3.8) is 0 Å². The average molecular weight is 260 g/mol. The number of aryl methyl sites for hydroxylation is 1. The molecule has 1 unspecified atom stereocenters. The maximum Gasteiger partial charge on any atom is 0.0542 e. The minimum Gasteiger partial charge on any atom is -0.303 e. The van der Waals surface area contributed by atoms with Gasteiger partial charge in [0.05, 0.1) is 5.69 Å². The third-order valence-corrected chi connectivity index (χ3v) is 3.95. The smallest absolute Gasteiger partial charge is 0.0542 e. The Morgan fingerprint density at radius 3 is 2.67 bits per heavy atom. The van der Waals surface area contributed by atoms with Crippen molar-refractivity contribution in [1.82, 2.24) is 10.3 Å². The van der Waals surface area contributed by atoms with Crippen molar-refractivity contribution < 1.29 is 0 Å². The molecule has 0 fully saturated rings. The van der Waals surface area contributed by atoms with Gasteiger partial charge in [0.2, 0.25) is 0 Å². The van der Waals surface area contributed by atoms with Crippen molar-refractivity contribution in [3.05, 3.63) is 52.0 Å². The van der Waals surface area contributed by atoms with Gasteiger partial charge in [0.15, 0.2) is 0 Å². The topological polar surface area (TPSA) is 24.9 Å². The average Bonchev–Trinajstić information content (AvgIpc) is 2.85. The molecule has 2 aromatic heterocycles. The van der Waals surface area contributed by atoms with Crippen molar-refractivity contribution in [2.75, 3.05) is 0 Å². The third-order valence-electron chi connectivity index (χ3n) is 2.99. The molecule has 0 aliphatic rings. The first-order valence-corrected chi connectivity index (χ1v) is 7.23. The molecule has 0 aliphatic heterocycles. The first-order chi connectivity index (χ1) is 8.66. The van der Waals surface area contributed by atoms with Crippen molar-refractivity contribution in [2.45, 2.75) is 33.4 Å². The van der Waals surface area contributed by atoms with Gasteiger partial charge in [0.25, 0.3) is 0 Å². The van der Waals surface area contributed by atoms with E-state index in [1.807, 2.05) is 17.5 Å². The first-order valence-electron chi connectivity index (χ1n) is 6.35. The van der Waals surface area contributed by atoms with Crippen LogP contribution < -0.4 is 5.32 Å². The second kappa shape index (κ2) is 6.12. The third kappa shape index (κ3) is 3.40. The number of thiophene rings is 1. The Labute approximate surface area is 113 Å². The summed E-state index contributed by atoms with van der Waals surface area (Å²) in [6.07, 6.45) is 1.92. The zero-order valence-corrected chi connectivity index (χ0v) is 12.0. The monoisotopic (exact) mass is 260 g/mol. The lowest BCUT2D eigenvalue weighted by Crippen LogP contribution is -2.24. The van der Waals surface area contributed by atoms with Crippen LogP contribution in [-0.4, -0.2) is 4.98 Å². The fraction of sp³-hybridized carbons (Fsp3) is 0.400. The molecule has 0 aromatic carbocycles. The van der Waals surface area contributed by atoms with Crippen LogP contribution in [0.25, 0.3) is 0 Å². The molecule has 2 nitrogen and oxygen atoms in total. The SMILES string of the molecule is Cc1ccc(CNC(c2cccs2)C(C)C)nc1. The maximum atomic E-state index is 4.43. The zero-order valence-electron chi connectivity index (χ0n) is 11.2. The Hall–Kier alpha value is -1.19. The van der Waals surface area contributed by atoms with Gasteiger partial charge < -0.3 is 5.32 Å². The molecule has 0 amide bonds. The van der Waals surface area contributed by atoms with E-state index in [4.69, 9.17) is 0 Å². The van der Waals surface area contributed by atoms with Crippen LogP contribution in [0, 0.1) is 12.8 Å². The quantitative estimate of drug-likeness (QED) is 0.881. The highest BCUT2D eigenvalue weighted by molar-refractivity contribution is 7.10. The van der Waals surface area contributed by atoms with Crippen LogP contribution in [0.2, 0.25) is 0 Å². The summed E-state index contributed by atoms with van der Waals surface area (Å²) in [4.78, 5) is 5.83. The molecule has 1 N–H and O–H groups in total. The van der Waals surface area contributed by atoms with E-state index in [1.165, 1.54) is 10.4 Å². The fourth-order valence-corrected chi connectivity index (χ4v) is 2.92. The van der Waals surface area contributed by atoms with Crippen LogP contribution in [0.4, 0.5) is 0 Å². The number of nitrogens with one attached hydrogen (secondary N) is 1. The van der Waals surface area contributed by atoms with E-state index in [-0.39, 0.29) is 0 Å². The van der Waals surface area contributed by atoms with Gasteiger partial charge in [0.1, 0.15) is 0 Å². The van der Waals surface area contributed by atoms with Gasteiger partial charge in [-0.3, -0.25) is 4.98 Å².